The molecule has 16 heavy (non-hydrogen) atoms. The maximum absolute atomic E-state index is 4.45. The van der Waals surface area contributed by atoms with Crippen molar-refractivity contribution < 1.29 is 0 Å². The lowest BCUT2D eigenvalue weighted by Gasteiger charge is -2.03. The average Bonchev–Trinajstić information content (AvgIpc) is 2.83. The van der Waals surface area contributed by atoms with Gasteiger partial charge in [0.1, 0.15) is 5.82 Å². The van der Waals surface area contributed by atoms with Crippen LogP contribution in [0.3, 0.4) is 0 Å². The van der Waals surface area contributed by atoms with Gasteiger partial charge >= 0.3 is 0 Å². The number of rotatable bonds is 4. The van der Waals surface area contributed by atoms with E-state index < -0.39 is 0 Å². The van der Waals surface area contributed by atoms with E-state index in [9.17, 15) is 0 Å². The fourth-order valence-electron chi connectivity index (χ4n) is 1.59. The summed E-state index contributed by atoms with van der Waals surface area (Å²) >= 11 is 5.20. The summed E-state index contributed by atoms with van der Waals surface area (Å²) in [6.45, 7) is 0.957. The lowest BCUT2D eigenvalue weighted by Crippen LogP contribution is -2.13. The van der Waals surface area contributed by atoms with Crippen LogP contribution in [0, 0.1) is 0 Å². The maximum atomic E-state index is 4.45. The lowest BCUT2D eigenvalue weighted by molar-refractivity contribution is 0.720. The molecule has 0 saturated heterocycles. The van der Waals surface area contributed by atoms with Crippen molar-refractivity contribution in [2.45, 2.75) is 6.42 Å². The van der Waals surface area contributed by atoms with E-state index in [4.69, 9.17) is 0 Å². The first kappa shape index (κ1) is 11.8. The van der Waals surface area contributed by atoms with Crippen molar-refractivity contribution in [3.63, 3.8) is 0 Å². The Morgan fingerprint density at radius 3 is 3.00 bits per heavy atom. The van der Waals surface area contributed by atoms with Crippen molar-refractivity contribution in [1.82, 2.24) is 14.9 Å². The van der Waals surface area contributed by atoms with Gasteiger partial charge in [-0.1, -0.05) is 0 Å². The predicted molar refractivity (Wildman–Crippen MR) is 71.9 cm³/mol. The number of halogens is 1. The van der Waals surface area contributed by atoms with E-state index in [1.54, 1.807) is 11.3 Å². The summed E-state index contributed by atoms with van der Waals surface area (Å²) in [7, 11) is 4.03. The van der Waals surface area contributed by atoms with Crippen LogP contribution in [0.25, 0.3) is 10.6 Å². The molecule has 0 aliphatic rings. The molecular formula is C11H14BrN3S. The number of imidazole rings is 1. The lowest BCUT2D eigenvalue weighted by atomic mass is 10.3. The quantitative estimate of drug-likeness (QED) is 0.941. The summed E-state index contributed by atoms with van der Waals surface area (Å²) in [6.07, 6.45) is 2.91. The van der Waals surface area contributed by atoms with Gasteiger partial charge in [-0.25, -0.2) is 4.98 Å². The topological polar surface area (TPSA) is 29.9 Å². The summed E-state index contributed by atoms with van der Waals surface area (Å²) < 4.78 is 3.29. The molecule has 0 aliphatic heterocycles. The Morgan fingerprint density at radius 1 is 1.56 bits per heavy atom. The molecule has 0 fully saturated rings. The van der Waals surface area contributed by atoms with Crippen molar-refractivity contribution in [2.24, 2.45) is 7.05 Å². The summed E-state index contributed by atoms with van der Waals surface area (Å²) in [5.74, 6) is 1.12. The molecule has 0 atom stereocenters. The highest BCUT2D eigenvalue weighted by Gasteiger charge is 2.09. The van der Waals surface area contributed by atoms with Gasteiger partial charge in [0, 0.05) is 29.9 Å². The average molecular weight is 300 g/mol. The van der Waals surface area contributed by atoms with Crippen LogP contribution >= 0.6 is 27.3 Å². The first-order valence-electron chi connectivity index (χ1n) is 5.12. The normalized spacial score (nSPS) is 10.9. The van der Waals surface area contributed by atoms with Gasteiger partial charge in [-0.3, -0.25) is 0 Å². The fourth-order valence-corrected chi connectivity index (χ4v) is 3.07. The third kappa shape index (κ3) is 2.36. The highest BCUT2D eigenvalue weighted by molar-refractivity contribution is 9.10. The van der Waals surface area contributed by atoms with Crippen LogP contribution in [0.5, 0.6) is 0 Å². The van der Waals surface area contributed by atoms with Crippen molar-refractivity contribution in [3.05, 3.63) is 27.9 Å². The largest absolute Gasteiger partial charge is 0.330 e. The van der Waals surface area contributed by atoms with E-state index in [-0.39, 0.29) is 0 Å². The second-order valence-electron chi connectivity index (χ2n) is 3.60. The zero-order chi connectivity index (χ0) is 11.5. The number of nitrogens with one attached hydrogen (secondary N) is 1. The molecular weight excluding hydrogens is 286 g/mol. The number of aromatic nitrogens is 2. The molecule has 3 nitrogen and oxygen atoms in total. The van der Waals surface area contributed by atoms with Gasteiger partial charge in [-0.15, -0.1) is 11.3 Å². The van der Waals surface area contributed by atoms with E-state index in [1.807, 2.05) is 13.2 Å². The molecule has 0 amide bonds. The zero-order valence-electron chi connectivity index (χ0n) is 9.33. The van der Waals surface area contributed by atoms with E-state index in [0.717, 1.165) is 23.3 Å². The Hall–Kier alpha value is -0.650. The molecule has 2 aromatic rings. The second kappa shape index (κ2) is 5.12. The van der Waals surface area contributed by atoms with E-state index in [1.165, 1.54) is 10.6 Å². The predicted octanol–water partition coefficient (Wildman–Crippen LogP) is 2.67. The van der Waals surface area contributed by atoms with E-state index >= 15 is 0 Å². The molecule has 86 valence electrons. The van der Waals surface area contributed by atoms with Gasteiger partial charge in [-0.2, -0.15) is 0 Å². The molecule has 1 N–H and O–H groups in total. The molecule has 0 spiro atoms. The summed E-state index contributed by atoms with van der Waals surface area (Å²) in [5.41, 5.74) is 1.18. The third-order valence-electron chi connectivity index (χ3n) is 2.50. The molecule has 0 saturated carbocycles. The minimum atomic E-state index is 0.957. The van der Waals surface area contributed by atoms with Gasteiger partial charge in [0.15, 0.2) is 0 Å². The smallest absolute Gasteiger partial charge is 0.110 e. The number of hydrogen-bond donors (Lipinski definition) is 1. The molecule has 2 heterocycles. The Balaban J connectivity index is 2.26. The Bertz CT molecular complexity index is 475. The molecule has 0 aliphatic carbocycles. The van der Waals surface area contributed by atoms with Crippen LogP contribution in [-0.4, -0.2) is 23.1 Å². The van der Waals surface area contributed by atoms with Crippen LogP contribution in [0.4, 0.5) is 0 Å². The molecule has 0 unspecified atom stereocenters. The molecule has 0 bridgehead atoms. The zero-order valence-corrected chi connectivity index (χ0v) is 11.7. The van der Waals surface area contributed by atoms with Crippen LogP contribution in [0.15, 0.2) is 22.1 Å². The molecule has 2 aromatic heterocycles. The van der Waals surface area contributed by atoms with Gasteiger partial charge in [0.2, 0.25) is 0 Å². The van der Waals surface area contributed by atoms with Crippen LogP contribution in [0.2, 0.25) is 0 Å². The van der Waals surface area contributed by atoms with Gasteiger partial charge < -0.3 is 9.88 Å². The monoisotopic (exact) mass is 299 g/mol. The van der Waals surface area contributed by atoms with Gasteiger partial charge in [0.05, 0.1) is 16.8 Å². The van der Waals surface area contributed by atoms with E-state index in [0.29, 0.717) is 0 Å². The minimum absolute atomic E-state index is 0.957. The van der Waals surface area contributed by atoms with Crippen LogP contribution in [-0.2, 0) is 13.5 Å². The van der Waals surface area contributed by atoms with Crippen LogP contribution < -0.4 is 5.32 Å². The minimum Gasteiger partial charge on any atom is -0.330 e. The highest BCUT2D eigenvalue weighted by atomic mass is 79.9. The summed E-state index contributed by atoms with van der Waals surface area (Å²) in [5, 5.41) is 5.23. The summed E-state index contributed by atoms with van der Waals surface area (Å²) in [4.78, 5) is 5.70. The summed E-state index contributed by atoms with van der Waals surface area (Å²) in [6, 6.07) is 2.13. The Morgan fingerprint density at radius 2 is 2.38 bits per heavy atom. The van der Waals surface area contributed by atoms with Crippen molar-refractivity contribution in [2.75, 3.05) is 13.6 Å². The van der Waals surface area contributed by atoms with E-state index in [2.05, 4.69) is 49.3 Å². The standard InChI is InChI=1S/C11H14BrN3S/c1-13-4-3-11-14-6-9(15(11)2)10-5-8(12)7-16-10/h5-7,13H,3-4H2,1-2H3. The molecule has 0 aromatic carbocycles. The SMILES string of the molecule is CNCCc1ncc(-c2cc(Br)cs2)n1C. The van der Waals surface area contributed by atoms with Crippen molar-refractivity contribution in [1.29, 1.82) is 0 Å². The van der Waals surface area contributed by atoms with Crippen molar-refractivity contribution in [3.8, 4) is 10.6 Å². The maximum Gasteiger partial charge on any atom is 0.110 e. The third-order valence-corrected chi connectivity index (χ3v) is 4.22. The number of likely N-dealkylation sites (N-methyl/N-ethyl adjacent to an activating group) is 1. The molecule has 2 rings (SSSR count). The fraction of sp³-hybridized carbons (Fsp3) is 0.364. The Kier molecular flexibility index (Phi) is 3.78. The first-order valence-corrected chi connectivity index (χ1v) is 6.79. The van der Waals surface area contributed by atoms with Gasteiger partial charge in [-0.05, 0) is 29.0 Å². The second-order valence-corrected chi connectivity index (χ2v) is 5.43. The molecule has 0 radical (unpaired) electrons. The first-order chi connectivity index (χ1) is 7.72. The van der Waals surface area contributed by atoms with Crippen molar-refractivity contribution >= 4 is 27.3 Å². The molecule has 5 heteroatoms. The number of nitrogens with zero attached hydrogens (tertiary/aromatic N) is 2. The number of hydrogen-bond acceptors (Lipinski definition) is 3. The van der Waals surface area contributed by atoms with Gasteiger partial charge in [0.25, 0.3) is 0 Å². The Labute approximate surface area is 108 Å². The number of thiophene rings is 1. The highest BCUT2D eigenvalue weighted by Crippen LogP contribution is 2.29. The van der Waals surface area contributed by atoms with Crippen LogP contribution in [0.1, 0.15) is 5.82 Å².